The lowest BCUT2D eigenvalue weighted by atomic mass is 10.0. The van der Waals surface area contributed by atoms with E-state index in [-0.39, 0.29) is 6.04 Å². The summed E-state index contributed by atoms with van der Waals surface area (Å²) in [6.45, 7) is 0. The van der Waals surface area contributed by atoms with Crippen LogP contribution in [0.4, 0.5) is 22.7 Å². The highest BCUT2D eigenvalue weighted by Gasteiger charge is 2.27. The van der Waals surface area contributed by atoms with Gasteiger partial charge in [-0.25, -0.2) is 0 Å². The van der Waals surface area contributed by atoms with Crippen molar-refractivity contribution in [2.45, 2.75) is 6.04 Å². The van der Waals surface area contributed by atoms with Gasteiger partial charge in [-0.2, -0.15) is 0 Å². The van der Waals surface area contributed by atoms with Gasteiger partial charge in [-0.1, -0.05) is 103 Å². The number of fused-ring (bicyclic) bond motifs is 1. The zero-order valence-electron chi connectivity index (χ0n) is 22.1. The average molecular weight is 516 g/mol. The van der Waals surface area contributed by atoms with E-state index < -0.39 is 0 Å². The molecule has 1 atom stereocenters. The molecule has 0 amide bonds. The van der Waals surface area contributed by atoms with E-state index in [2.05, 4.69) is 179 Å². The van der Waals surface area contributed by atoms with Crippen LogP contribution in [0.15, 0.2) is 164 Å². The minimum Gasteiger partial charge on any atom is -0.311 e. The number of hydrogen-bond acceptors (Lipinski definition) is 3. The van der Waals surface area contributed by atoms with Crippen LogP contribution >= 0.6 is 0 Å². The van der Waals surface area contributed by atoms with Crippen LogP contribution < -0.4 is 15.3 Å². The van der Waals surface area contributed by atoms with Gasteiger partial charge in [0, 0.05) is 17.1 Å². The number of hydrogen-bond donors (Lipinski definition) is 1. The molecule has 0 aliphatic carbocycles. The fourth-order valence-electron chi connectivity index (χ4n) is 5.47. The fraction of sp³-hybridized carbons (Fsp3) is 0.0270. The largest absolute Gasteiger partial charge is 0.311 e. The fourth-order valence-corrected chi connectivity index (χ4v) is 5.47. The van der Waals surface area contributed by atoms with Crippen molar-refractivity contribution in [1.82, 2.24) is 5.43 Å². The molecule has 0 radical (unpaired) electrons. The molecule has 3 heteroatoms. The molecule has 1 N–H and O–H groups in total. The Kier molecular flexibility index (Phi) is 6.23. The summed E-state index contributed by atoms with van der Waals surface area (Å²) >= 11 is 0. The van der Waals surface area contributed by atoms with Gasteiger partial charge in [-0.15, -0.1) is 0 Å². The molecule has 40 heavy (non-hydrogen) atoms. The molecular weight excluding hydrogens is 486 g/mol. The van der Waals surface area contributed by atoms with E-state index in [1.54, 1.807) is 0 Å². The molecule has 0 bridgehead atoms. The number of anilines is 4. The third-order valence-corrected chi connectivity index (χ3v) is 7.46. The summed E-state index contributed by atoms with van der Waals surface area (Å²) in [5.41, 5.74) is 11.7. The normalized spacial score (nSPS) is 14.6. The molecule has 0 saturated heterocycles. The second kappa shape index (κ2) is 10.5. The van der Waals surface area contributed by atoms with Crippen molar-refractivity contribution < 1.29 is 0 Å². The Labute approximate surface area is 235 Å². The average Bonchev–Trinajstić information content (AvgIpc) is 3.49. The molecule has 1 aliphatic rings. The molecule has 1 unspecified atom stereocenters. The van der Waals surface area contributed by atoms with E-state index >= 15 is 0 Å². The van der Waals surface area contributed by atoms with E-state index in [4.69, 9.17) is 0 Å². The topological polar surface area (TPSA) is 18.5 Å². The molecule has 1 heterocycles. The lowest BCUT2D eigenvalue weighted by Gasteiger charge is -2.29. The molecule has 7 rings (SSSR count). The lowest BCUT2D eigenvalue weighted by Crippen LogP contribution is -2.33. The zero-order chi connectivity index (χ0) is 26.7. The highest BCUT2D eigenvalue weighted by molar-refractivity contribution is 5.87. The lowest BCUT2D eigenvalue weighted by molar-refractivity contribution is 0.724. The van der Waals surface area contributed by atoms with Crippen LogP contribution in [0.2, 0.25) is 0 Å². The zero-order valence-corrected chi connectivity index (χ0v) is 22.1. The minimum atomic E-state index is 0.0415. The SMILES string of the molecule is C1=C(c2ccc3ccccc3c2)NN(c2ccccc2)C1c1ccc(N(c2ccccc2)c2ccccc2)cc1. The smallest absolute Gasteiger partial charge is 0.0958 e. The molecule has 6 aromatic carbocycles. The van der Waals surface area contributed by atoms with Crippen LogP contribution in [0.1, 0.15) is 17.2 Å². The van der Waals surface area contributed by atoms with Gasteiger partial charge in [0.15, 0.2) is 0 Å². The van der Waals surface area contributed by atoms with Gasteiger partial charge in [-0.05, 0) is 82.6 Å². The molecule has 0 saturated carbocycles. The highest BCUT2D eigenvalue weighted by atomic mass is 15.5. The summed E-state index contributed by atoms with van der Waals surface area (Å²) in [5.74, 6) is 0. The van der Waals surface area contributed by atoms with Gasteiger partial charge in [0.25, 0.3) is 0 Å². The van der Waals surface area contributed by atoms with Gasteiger partial charge in [0.2, 0.25) is 0 Å². The predicted octanol–water partition coefficient (Wildman–Crippen LogP) is 9.42. The van der Waals surface area contributed by atoms with E-state index in [0.717, 1.165) is 28.4 Å². The van der Waals surface area contributed by atoms with Crippen LogP contribution in [0.3, 0.4) is 0 Å². The van der Waals surface area contributed by atoms with Crippen molar-refractivity contribution in [1.29, 1.82) is 0 Å². The Morgan fingerprint density at radius 2 is 1.05 bits per heavy atom. The summed E-state index contributed by atoms with van der Waals surface area (Å²) in [5, 5.41) is 4.74. The van der Waals surface area contributed by atoms with Crippen LogP contribution in [0.5, 0.6) is 0 Å². The maximum absolute atomic E-state index is 3.71. The molecular formula is C37H29N3. The van der Waals surface area contributed by atoms with E-state index in [1.165, 1.54) is 21.9 Å². The Morgan fingerprint density at radius 3 is 1.70 bits per heavy atom. The van der Waals surface area contributed by atoms with Crippen molar-refractivity contribution in [3.8, 4) is 0 Å². The van der Waals surface area contributed by atoms with Gasteiger partial charge in [0.05, 0.1) is 17.4 Å². The van der Waals surface area contributed by atoms with Crippen LogP contribution in [-0.4, -0.2) is 0 Å². The number of nitrogens with one attached hydrogen (secondary N) is 1. The summed E-state index contributed by atoms with van der Waals surface area (Å²) in [4.78, 5) is 2.29. The Balaban J connectivity index is 1.27. The first-order chi connectivity index (χ1) is 19.8. The molecule has 0 fully saturated rings. The predicted molar refractivity (Wildman–Crippen MR) is 168 cm³/mol. The minimum absolute atomic E-state index is 0.0415. The van der Waals surface area contributed by atoms with Crippen molar-refractivity contribution in [3.05, 3.63) is 175 Å². The maximum Gasteiger partial charge on any atom is 0.0958 e. The first-order valence-electron chi connectivity index (χ1n) is 13.7. The van der Waals surface area contributed by atoms with Gasteiger partial charge in [-0.3, -0.25) is 10.4 Å². The second-order valence-corrected chi connectivity index (χ2v) is 10.0. The van der Waals surface area contributed by atoms with Gasteiger partial charge < -0.3 is 4.90 Å². The number of hydrazine groups is 1. The van der Waals surface area contributed by atoms with E-state index in [0.29, 0.717) is 0 Å². The summed E-state index contributed by atoms with van der Waals surface area (Å²) in [7, 11) is 0. The van der Waals surface area contributed by atoms with Crippen LogP contribution in [0.25, 0.3) is 16.5 Å². The highest BCUT2D eigenvalue weighted by Crippen LogP contribution is 2.38. The van der Waals surface area contributed by atoms with Crippen molar-refractivity contribution in [2.24, 2.45) is 0 Å². The van der Waals surface area contributed by atoms with Gasteiger partial charge >= 0.3 is 0 Å². The monoisotopic (exact) mass is 515 g/mol. The Bertz CT molecular complexity index is 1720. The number of benzene rings is 6. The third-order valence-electron chi connectivity index (χ3n) is 7.46. The summed E-state index contributed by atoms with van der Waals surface area (Å²) in [6, 6.07) is 55.7. The van der Waals surface area contributed by atoms with Crippen molar-refractivity contribution in [2.75, 3.05) is 9.91 Å². The molecule has 0 aromatic heterocycles. The summed E-state index contributed by atoms with van der Waals surface area (Å²) in [6.07, 6.45) is 2.33. The van der Waals surface area contributed by atoms with Crippen LogP contribution in [-0.2, 0) is 0 Å². The molecule has 192 valence electrons. The summed E-state index contributed by atoms with van der Waals surface area (Å²) < 4.78 is 0. The van der Waals surface area contributed by atoms with Gasteiger partial charge in [0.1, 0.15) is 0 Å². The number of para-hydroxylation sites is 3. The Morgan fingerprint density at radius 1 is 0.500 bits per heavy atom. The maximum atomic E-state index is 3.71. The first-order valence-corrected chi connectivity index (χ1v) is 13.7. The van der Waals surface area contributed by atoms with Crippen molar-refractivity contribution in [3.63, 3.8) is 0 Å². The standard InChI is InChI=1S/C37H29N3/c1-4-14-32(15-5-1)39(33-16-6-2-7-17-33)34-24-22-29(23-25-34)37-27-36(38-40(37)35-18-8-3-9-19-35)31-21-20-28-12-10-11-13-30(28)26-31/h1-27,37-38H. The second-order valence-electron chi connectivity index (χ2n) is 10.0. The molecule has 6 aromatic rings. The quantitative estimate of drug-likeness (QED) is 0.238. The Hall–Kier alpha value is -5.28. The van der Waals surface area contributed by atoms with E-state index in [9.17, 15) is 0 Å². The number of rotatable bonds is 6. The van der Waals surface area contributed by atoms with Crippen LogP contribution in [0, 0.1) is 0 Å². The molecule has 1 aliphatic heterocycles. The van der Waals surface area contributed by atoms with Crippen molar-refractivity contribution >= 4 is 39.2 Å². The number of nitrogens with zero attached hydrogens (tertiary/aromatic N) is 2. The van der Waals surface area contributed by atoms with E-state index in [1.807, 2.05) is 0 Å². The molecule has 3 nitrogen and oxygen atoms in total. The first kappa shape index (κ1) is 23.8. The third kappa shape index (κ3) is 4.59. The molecule has 0 spiro atoms.